The van der Waals surface area contributed by atoms with Gasteiger partial charge in [0, 0.05) is 46.3 Å². The maximum Gasteiger partial charge on any atom is 0.255 e. The fraction of sp³-hybridized carbons (Fsp3) is 0.391. The van der Waals surface area contributed by atoms with Crippen LogP contribution < -0.4 is 15.8 Å². The van der Waals surface area contributed by atoms with Crippen LogP contribution in [0.25, 0.3) is 0 Å². The standard InChI is InChI=1S/C23H31N5O2.HI/c1-18-5-3-7-20(13-18)16-27-9-11-28(12-10-27)23(25-2)26-15-19-6-4-8-21(14-19)30-17-22(24)29;/h3-8,13-14H,9-12,15-17H2,1-2H3,(H2,24,29)(H,25,26);1H. The van der Waals surface area contributed by atoms with Gasteiger partial charge in [-0.05, 0) is 30.2 Å². The third-order valence-electron chi connectivity index (χ3n) is 5.10. The predicted octanol–water partition coefficient (Wildman–Crippen LogP) is 2.37. The molecule has 0 unspecified atom stereocenters. The minimum absolute atomic E-state index is 0. The number of guanidine groups is 1. The third-order valence-corrected chi connectivity index (χ3v) is 5.10. The summed E-state index contributed by atoms with van der Waals surface area (Å²) >= 11 is 0. The topological polar surface area (TPSA) is 83.2 Å². The molecule has 0 atom stereocenters. The molecule has 8 heteroatoms. The van der Waals surface area contributed by atoms with E-state index in [9.17, 15) is 4.79 Å². The molecule has 7 nitrogen and oxygen atoms in total. The molecule has 1 amide bonds. The van der Waals surface area contributed by atoms with Crippen molar-refractivity contribution in [3.63, 3.8) is 0 Å². The number of aliphatic imine (C=N–C) groups is 1. The van der Waals surface area contributed by atoms with Crippen LogP contribution in [0.1, 0.15) is 16.7 Å². The Bertz CT molecular complexity index is 882. The second kappa shape index (κ2) is 12.5. The average Bonchev–Trinajstić information content (AvgIpc) is 2.74. The number of aryl methyl sites for hydroxylation is 1. The first-order valence-corrected chi connectivity index (χ1v) is 10.3. The van der Waals surface area contributed by atoms with Gasteiger partial charge >= 0.3 is 0 Å². The summed E-state index contributed by atoms with van der Waals surface area (Å²) in [6.45, 7) is 7.52. The Morgan fingerprint density at radius 3 is 2.48 bits per heavy atom. The van der Waals surface area contributed by atoms with Gasteiger partial charge in [0.1, 0.15) is 5.75 Å². The number of nitrogens with two attached hydrogens (primary N) is 1. The zero-order chi connectivity index (χ0) is 21.3. The molecule has 2 aromatic carbocycles. The first-order valence-electron chi connectivity index (χ1n) is 10.3. The molecule has 0 bridgehead atoms. The fourth-order valence-corrected chi connectivity index (χ4v) is 3.60. The maximum atomic E-state index is 10.9. The molecule has 0 spiro atoms. The Morgan fingerprint density at radius 2 is 1.81 bits per heavy atom. The minimum atomic E-state index is -0.486. The molecule has 0 radical (unpaired) electrons. The lowest BCUT2D eigenvalue weighted by Gasteiger charge is -2.36. The second-order valence-corrected chi connectivity index (χ2v) is 7.56. The number of hydrogen-bond donors (Lipinski definition) is 2. The molecule has 3 rings (SSSR count). The van der Waals surface area contributed by atoms with Crippen LogP contribution >= 0.6 is 24.0 Å². The number of primary amides is 1. The molecule has 1 aliphatic heterocycles. The summed E-state index contributed by atoms with van der Waals surface area (Å²) in [4.78, 5) is 20.1. The quantitative estimate of drug-likeness (QED) is 0.322. The Kier molecular flexibility index (Phi) is 10.1. The van der Waals surface area contributed by atoms with E-state index in [1.54, 1.807) is 0 Å². The summed E-state index contributed by atoms with van der Waals surface area (Å²) in [6, 6.07) is 16.3. The lowest BCUT2D eigenvalue weighted by atomic mass is 10.1. The van der Waals surface area contributed by atoms with Crippen molar-refractivity contribution in [1.82, 2.24) is 15.1 Å². The summed E-state index contributed by atoms with van der Waals surface area (Å²) in [7, 11) is 1.81. The SMILES string of the molecule is CN=C(NCc1cccc(OCC(N)=O)c1)N1CCN(Cc2cccc(C)c2)CC1.I. The van der Waals surface area contributed by atoms with Crippen LogP contribution in [0.2, 0.25) is 0 Å². The van der Waals surface area contributed by atoms with Crippen molar-refractivity contribution in [2.45, 2.75) is 20.0 Å². The Balaban J connectivity index is 0.00000341. The van der Waals surface area contributed by atoms with E-state index in [0.717, 1.165) is 44.2 Å². The summed E-state index contributed by atoms with van der Waals surface area (Å²) < 4.78 is 5.38. The van der Waals surface area contributed by atoms with E-state index in [1.807, 2.05) is 31.3 Å². The maximum absolute atomic E-state index is 10.9. The van der Waals surface area contributed by atoms with Gasteiger partial charge in [0.2, 0.25) is 0 Å². The van der Waals surface area contributed by atoms with E-state index in [0.29, 0.717) is 12.3 Å². The molecule has 1 saturated heterocycles. The number of amides is 1. The summed E-state index contributed by atoms with van der Waals surface area (Å²) in [5, 5.41) is 3.43. The first-order chi connectivity index (χ1) is 14.5. The molecule has 1 aliphatic rings. The highest BCUT2D eigenvalue weighted by atomic mass is 127. The molecule has 1 fully saturated rings. The van der Waals surface area contributed by atoms with Crippen molar-refractivity contribution < 1.29 is 9.53 Å². The van der Waals surface area contributed by atoms with Crippen molar-refractivity contribution >= 4 is 35.8 Å². The molecule has 0 aliphatic carbocycles. The Hall–Kier alpha value is -2.33. The number of carbonyl (C=O) groups excluding carboxylic acids is 1. The van der Waals surface area contributed by atoms with Gasteiger partial charge in [-0.1, -0.05) is 42.0 Å². The fourth-order valence-electron chi connectivity index (χ4n) is 3.60. The van der Waals surface area contributed by atoms with Gasteiger partial charge in [0.05, 0.1) is 0 Å². The van der Waals surface area contributed by atoms with Crippen molar-refractivity contribution in [1.29, 1.82) is 0 Å². The van der Waals surface area contributed by atoms with Crippen LogP contribution in [0.4, 0.5) is 0 Å². The number of carbonyl (C=O) groups is 1. The van der Waals surface area contributed by atoms with Gasteiger partial charge in [-0.2, -0.15) is 0 Å². The summed E-state index contributed by atoms with van der Waals surface area (Å²) in [5.41, 5.74) is 8.86. The second-order valence-electron chi connectivity index (χ2n) is 7.56. The zero-order valence-electron chi connectivity index (χ0n) is 18.2. The smallest absolute Gasteiger partial charge is 0.255 e. The van der Waals surface area contributed by atoms with Gasteiger partial charge in [0.15, 0.2) is 12.6 Å². The first kappa shape index (κ1) is 24.9. The molecular formula is C23H32IN5O2. The summed E-state index contributed by atoms with van der Waals surface area (Å²) in [5.74, 6) is 1.04. The van der Waals surface area contributed by atoms with Gasteiger partial charge in [-0.15, -0.1) is 24.0 Å². The van der Waals surface area contributed by atoms with Crippen LogP contribution in [0.15, 0.2) is 53.5 Å². The molecule has 31 heavy (non-hydrogen) atoms. The monoisotopic (exact) mass is 537 g/mol. The highest BCUT2D eigenvalue weighted by Crippen LogP contribution is 2.14. The van der Waals surface area contributed by atoms with E-state index < -0.39 is 5.91 Å². The molecular weight excluding hydrogens is 505 g/mol. The molecule has 2 aromatic rings. The van der Waals surface area contributed by atoms with Crippen molar-refractivity contribution in [3.8, 4) is 5.75 Å². The predicted molar refractivity (Wildman–Crippen MR) is 135 cm³/mol. The zero-order valence-corrected chi connectivity index (χ0v) is 20.5. The number of ether oxygens (including phenoxy) is 1. The van der Waals surface area contributed by atoms with Gasteiger partial charge in [-0.25, -0.2) is 0 Å². The van der Waals surface area contributed by atoms with Crippen LogP contribution in [0.5, 0.6) is 5.75 Å². The van der Waals surface area contributed by atoms with E-state index in [1.165, 1.54) is 11.1 Å². The van der Waals surface area contributed by atoms with E-state index in [2.05, 4.69) is 51.3 Å². The van der Waals surface area contributed by atoms with E-state index in [4.69, 9.17) is 10.5 Å². The number of nitrogens with zero attached hydrogens (tertiary/aromatic N) is 3. The molecule has 3 N–H and O–H groups in total. The van der Waals surface area contributed by atoms with Gasteiger partial charge < -0.3 is 20.7 Å². The van der Waals surface area contributed by atoms with Crippen LogP contribution in [0.3, 0.4) is 0 Å². The Morgan fingerprint density at radius 1 is 1.10 bits per heavy atom. The minimum Gasteiger partial charge on any atom is -0.484 e. The number of benzene rings is 2. The van der Waals surface area contributed by atoms with Crippen molar-refractivity contribution in [2.75, 3.05) is 39.8 Å². The normalized spacial score (nSPS) is 14.6. The highest BCUT2D eigenvalue weighted by molar-refractivity contribution is 14.0. The number of piperazine rings is 1. The molecule has 1 heterocycles. The number of rotatable bonds is 7. The van der Waals surface area contributed by atoms with E-state index >= 15 is 0 Å². The molecule has 0 aromatic heterocycles. The van der Waals surface area contributed by atoms with E-state index in [-0.39, 0.29) is 30.6 Å². The lowest BCUT2D eigenvalue weighted by Crippen LogP contribution is -2.52. The third kappa shape index (κ3) is 8.02. The van der Waals surface area contributed by atoms with Gasteiger partial charge in [0.25, 0.3) is 5.91 Å². The number of nitrogens with one attached hydrogen (secondary N) is 1. The van der Waals surface area contributed by atoms with Crippen LogP contribution in [0, 0.1) is 6.92 Å². The van der Waals surface area contributed by atoms with Crippen LogP contribution in [-0.2, 0) is 17.9 Å². The largest absolute Gasteiger partial charge is 0.484 e. The van der Waals surface area contributed by atoms with Gasteiger partial charge in [-0.3, -0.25) is 14.7 Å². The summed E-state index contributed by atoms with van der Waals surface area (Å²) in [6.07, 6.45) is 0. The lowest BCUT2D eigenvalue weighted by molar-refractivity contribution is -0.119. The van der Waals surface area contributed by atoms with Crippen molar-refractivity contribution in [3.05, 3.63) is 65.2 Å². The molecule has 168 valence electrons. The van der Waals surface area contributed by atoms with Crippen LogP contribution in [-0.4, -0.2) is 61.5 Å². The number of halogens is 1. The Labute approximate surface area is 201 Å². The highest BCUT2D eigenvalue weighted by Gasteiger charge is 2.19. The average molecular weight is 537 g/mol. The van der Waals surface area contributed by atoms with Crippen molar-refractivity contribution in [2.24, 2.45) is 10.7 Å². The number of hydrogen-bond acceptors (Lipinski definition) is 4. The molecule has 0 saturated carbocycles.